The van der Waals surface area contributed by atoms with Crippen LogP contribution in [0.1, 0.15) is 5.56 Å². The molecule has 0 spiro atoms. The summed E-state index contributed by atoms with van der Waals surface area (Å²) in [4.78, 5) is 10.5. The Balaban J connectivity index is 1.38. The number of benzene rings is 1. The maximum atomic E-state index is 13.0. The molecule has 0 aliphatic carbocycles. The summed E-state index contributed by atoms with van der Waals surface area (Å²) in [6.45, 7) is 3.01. The number of aliphatic imine (C=N–C) groups is 1. The first-order valence-electron chi connectivity index (χ1n) is 10.3. The van der Waals surface area contributed by atoms with Gasteiger partial charge in [0.25, 0.3) is 0 Å². The molecule has 1 aromatic heterocycles. The summed E-state index contributed by atoms with van der Waals surface area (Å²) in [6.07, 6.45) is 2.45. The molecule has 8 nitrogen and oxygen atoms in total. The predicted octanol–water partition coefficient (Wildman–Crippen LogP) is 1.08. The lowest BCUT2D eigenvalue weighted by Gasteiger charge is -2.34. The number of nitrogens with one attached hydrogen (secondary N) is 2. The average Bonchev–Trinajstić information content (AvgIpc) is 2.80. The highest BCUT2D eigenvalue weighted by Gasteiger charge is 2.27. The van der Waals surface area contributed by atoms with Gasteiger partial charge >= 0.3 is 0 Å². The number of guanidine groups is 1. The lowest BCUT2D eigenvalue weighted by Crippen LogP contribution is -2.50. The minimum atomic E-state index is -3.35. The summed E-state index contributed by atoms with van der Waals surface area (Å²) < 4.78 is 39.9. The van der Waals surface area contributed by atoms with Gasteiger partial charge in [0.1, 0.15) is 11.6 Å². The fraction of sp³-hybridized carbons (Fsp3) is 0.429. The Labute approximate surface area is 183 Å². The highest BCUT2D eigenvalue weighted by Crippen LogP contribution is 2.14. The molecule has 168 valence electrons. The third-order valence-corrected chi connectivity index (χ3v) is 6.97. The van der Waals surface area contributed by atoms with Gasteiger partial charge in [-0.25, -0.2) is 17.8 Å². The quantitative estimate of drug-likeness (QED) is 0.464. The van der Waals surface area contributed by atoms with E-state index >= 15 is 0 Å². The maximum Gasteiger partial charge on any atom is 0.215 e. The van der Waals surface area contributed by atoms with E-state index in [1.807, 2.05) is 18.2 Å². The predicted molar refractivity (Wildman–Crippen MR) is 121 cm³/mol. The van der Waals surface area contributed by atoms with Crippen LogP contribution in [0.4, 0.5) is 10.2 Å². The van der Waals surface area contributed by atoms with Gasteiger partial charge in [0.05, 0.1) is 5.75 Å². The van der Waals surface area contributed by atoms with Crippen LogP contribution >= 0.6 is 0 Å². The Bertz CT molecular complexity index is 946. The summed E-state index contributed by atoms with van der Waals surface area (Å²) in [5.41, 5.74) is 1.01. The second-order valence-corrected chi connectivity index (χ2v) is 9.28. The van der Waals surface area contributed by atoms with Crippen molar-refractivity contribution < 1.29 is 12.8 Å². The minimum absolute atomic E-state index is 0.00471. The molecule has 1 aliphatic rings. The molecule has 0 amide bonds. The van der Waals surface area contributed by atoms with E-state index in [1.165, 1.54) is 12.1 Å². The Morgan fingerprint density at radius 1 is 1.06 bits per heavy atom. The van der Waals surface area contributed by atoms with Crippen molar-refractivity contribution in [3.05, 3.63) is 60.0 Å². The first kappa shape index (κ1) is 23.0. The van der Waals surface area contributed by atoms with Gasteiger partial charge in [-0.3, -0.25) is 4.99 Å². The van der Waals surface area contributed by atoms with Crippen LogP contribution in [-0.2, 0) is 16.4 Å². The van der Waals surface area contributed by atoms with E-state index in [2.05, 4.69) is 25.5 Å². The van der Waals surface area contributed by atoms with Gasteiger partial charge in [0.2, 0.25) is 10.0 Å². The van der Waals surface area contributed by atoms with Gasteiger partial charge in [-0.1, -0.05) is 18.2 Å². The second kappa shape index (κ2) is 11.1. The molecular formula is C21H29FN6O2S. The van der Waals surface area contributed by atoms with E-state index in [0.29, 0.717) is 45.1 Å². The van der Waals surface area contributed by atoms with Crippen molar-refractivity contribution in [1.82, 2.24) is 19.9 Å². The third kappa shape index (κ3) is 6.90. The molecule has 31 heavy (non-hydrogen) atoms. The summed E-state index contributed by atoms with van der Waals surface area (Å²) >= 11 is 0. The van der Waals surface area contributed by atoms with E-state index in [1.54, 1.807) is 29.7 Å². The van der Waals surface area contributed by atoms with Crippen molar-refractivity contribution in [3.63, 3.8) is 0 Å². The molecule has 1 fully saturated rings. The highest BCUT2D eigenvalue weighted by atomic mass is 32.2. The molecule has 3 rings (SSSR count). The molecule has 1 aromatic carbocycles. The van der Waals surface area contributed by atoms with Gasteiger partial charge in [-0.15, -0.1) is 0 Å². The molecule has 0 saturated carbocycles. The van der Waals surface area contributed by atoms with Gasteiger partial charge in [0.15, 0.2) is 5.96 Å². The van der Waals surface area contributed by atoms with Gasteiger partial charge < -0.3 is 15.5 Å². The third-order valence-electron chi connectivity index (χ3n) is 5.10. The van der Waals surface area contributed by atoms with Crippen LogP contribution in [0.15, 0.2) is 53.7 Å². The molecule has 1 aliphatic heterocycles. The monoisotopic (exact) mass is 448 g/mol. The number of sulfonamides is 1. The number of hydrogen-bond donors (Lipinski definition) is 2. The maximum absolute atomic E-state index is 13.0. The molecule has 10 heteroatoms. The molecule has 0 atom stereocenters. The number of halogens is 1. The molecule has 0 bridgehead atoms. The number of anilines is 1. The molecule has 2 aromatic rings. The number of hydrogen-bond acceptors (Lipinski definition) is 5. The molecule has 2 N–H and O–H groups in total. The standard InChI is InChI=1S/C21H29FN6O2S/c1-23-21(25-11-9-18-5-7-19(22)8-6-18)26-12-17-31(29,30)28-15-13-27(14-16-28)20-4-2-3-10-24-20/h2-8,10H,9,11-17H2,1H3,(H2,23,25,26). The Morgan fingerprint density at radius 2 is 1.77 bits per heavy atom. The van der Waals surface area contributed by atoms with Crippen LogP contribution in [0.5, 0.6) is 0 Å². The molecular weight excluding hydrogens is 419 g/mol. The number of rotatable bonds is 8. The fourth-order valence-electron chi connectivity index (χ4n) is 3.36. The van der Waals surface area contributed by atoms with Gasteiger partial charge in [-0.2, -0.15) is 4.31 Å². The summed E-state index contributed by atoms with van der Waals surface area (Å²) in [6, 6.07) is 12.1. The molecule has 2 heterocycles. The van der Waals surface area contributed by atoms with Crippen molar-refractivity contribution in [2.75, 3.05) is 57.0 Å². The van der Waals surface area contributed by atoms with Crippen LogP contribution < -0.4 is 15.5 Å². The van der Waals surface area contributed by atoms with Crippen LogP contribution in [0.25, 0.3) is 0 Å². The topological polar surface area (TPSA) is 89.9 Å². The zero-order valence-electron chi connectivity index (χ0n) is 17.7. The van der Waals surface area contributed by atoms with Gasteiger partial charge in [-0.05, 0) is 36.2 Å². The van der Waals surface area contributed by atoms with E-state index in [0.717, 1.165) is 11.4 Å². The van der Waals surface area contributed by atoms with Crippen LogP contribution in [0.3, 0.4) is 0 Å². The van der Waals surface area contributed by atoms with Crippen molar-refractivity contribution in [1.29, 1.82) is 0 Å². The fourth-order valence-corrected chi connectivity index (χ4v) is 4.70. The van der Waals surface area contributed by atoms with Crippen molar-refractivity contribution in [2.24, 2.45) is 4.99 Å². The van der Waals surface area contributed by atoms with E-state index < -0.39 is 10.0 Å². The SMILES string of the molecule is CN=C(NCCc1ccc(F)cc1)NCCS(=O)(=O)N1CCN(c2ccccn2)CC1. The Kier molecular flexibility index (Phi) is 8.19. The lowest BCUT2D eigenvalue weighted by atomic mass is 10.1. The number of pyridine rings is 1. The van der Waals surface area contributed by atoms with E-state index in [-0.39, 0.29) is 18.1 Å². The largest absolute Gasteiger partial charge is 0.356 e. The van der Waals surface area contributed by atoms with Crippen molar-refractivity contribution >= 4 is 21.8 Å². The molecule has 0 unspecified atom stereocenters. The molecule has 1 saturated heterocycles. The summed E-state index contributed by atoms with van der Waals surface area (Å²) in [5.74, 6) is 1.15. The first-order chi connectivity index (χ1) is 15.0. The summed E-state index contributed by atoms with van der Waals surface area (Å²) in [5, 5.41) is 6.19. The van der Waals surface area contributed by atoms with E-state index in [4.69, 9.17) is 0 Å². The van der Waals surface area contributed by atoms with Crippen LogP contribution in [-0.4, -0.2) is 75.7 Å². The smallest absolute Gasteiger partial charge is 0.215 e. The Morgan fingerprint density at radius 3 is 2.42 bits per heavy atom. The van der Waals surface area contributed by atoms with E-state index in [9.17, 15) is 12.8 Å². The number of aromatic nitrogens is 1. The zero-order chi connectivity index (χ0) is 22.1. The Hall–Kier alpha value is -2.72. The van der Waals surface area contributed by atoms with Crippen LogP contribution in [0.2, 0.25) is 0 Å². The second-order valence-electron chi connectivity index (χ2n) is 7.19. The normalized spacial score (nSPS) is 15.7. The lowest BCUT2D eigenvalue weighted by molar-refractivity contribution is 0.384. The minimum Gasteiger partial charge on any atom is -0.356 e. The van der Waals surface area contributed by atoms with Crippen molar-refractivity contribution in [2.45, 2.75) is 6.42 Å². The zero-order valence-corrected chi connectivity index (χ0v) is 18.5. The van der Waals surface area contributed by atoms with Crippen LogP contribution in [0, 0.1) is 5.82 Å². The first-order valence-corrected chi connectivity index (χ1v) is 11.9. The highest BCUT2D eigenvalue weighted by molar-refractivity contribution is 7.89. The molecule has 0 radical (unpaired) electrons. The average molecular weight is 449 g/mol. The summed E-state index contributed by atoms with van der Waals surface area (Å²) in [7, 11) is -1.72. The van der Waals surface area contributed by atoms with Crippen molar-refractivity contribution in [3.8, 4) is 0 Å². The van der Waals surface area contributed by atoms with Gasteiger partial charge in [0, 0.05) is 52.5 Å². The number of nitrogens with zero attached hydrogens (tertiary/aromatic N) is 4. The number of piperazine rings is 1.